The van der Waals surface area contributed by atoms with E-state index in [0.29, 0.717) is 6.61 Å². The molecule has 0 aliphatic carbocycles. The minimum Gasteiger partial charge on any atom is -0.487 e. The van der Waals surface area contributed by atoms with Crippen LogP contribution in [-0.4, -0.2) is 19.7 Å². The minimum absolute atomic E-state index is 0.114. The summed E-state index contributed by atoms with van der Waals surface area (Å²) in [4.78, 5) is 11.1. The summed E-state index contributed by atoms with van der Waals surface area (Å²) in [6.45, 7) is 6.38. The van der Waals surface area contributed by atoms with Crippen molar-refractivity contribution < 1.29 is 14.3 Å². The molecule has 0 saturated heterocycles. The van der Waals surface area contributed by atoms with Crippen LogP contribution in [-0.2, 0) is 14.3 Å². The highest BCUT2D eigenvalue weighted by atomic mass is 16.6. The zero-order chi connectivity index (χ0) is 18.6. The third kappa shape index (κ3) is 17.6. The quantitative estimate of drug-likeness (QED) is 0.109. The summed E-state index contributed by atoms with van der Waals surface area (Å²) >= 11 is 0. The van der Waals surface area contributed by atoms with Crippen LogP contribution in [0.2, 0.25) is 0 Å². The zero-order valence-corrected chi connectivity index (χ0v) is 17.0. The second-order valence-corrected chi connectivity index (χ2v) is 7.07. The first-order valence-corrected chi connectivity index (χ1v) is 10.6. The lowest BCUT2D eigenvalue weighted by Crippen LogP contribution is -2.07. The fourth-order valence-electron chi connectivity index (χ4n) is 3.02. The maximum Gasteiger partial charge on any atom is 0.372 e. The van der Waals surface area contributed by atoms with E-state index in [0.717, 1.165) is 12.8 Å². The number of rotatable bonds is 19. The Morgan fingerprint density at radius 1 is 0.680 bits per heavy atom. The predicted octanol–water partition coefficient (Wildman–Crippen LogP) is 6.95. The lowest BCUT2D eigenvalue weighted by Gasteiger charge is -2.07. The molecular weight excluding hydrogens is 312 g/mol. The van der Waals surface area contributed by atoms with Crippen LogP contribution >= 0.6 is 0 Å². The van der Waals surface area contributed by atoms with E-state index < -0.39 is 5.97 Å². The highest BCUT2D eigenvalue weighted by Crippen LogP contribution is 2.13. The lowest BCUT2D eigenvalue weighted by atomic mass is 10.0. The molecule has 0 N–H and O–H groups in total. The predicted molar refractivity (Wildman–Crippen MR) is 107 cm³/mol. The van der Waals surface area contributed by atoms with Gasteiger partial charge in [-0.15, -0.1) is 0 Å². The summed E-state index contributed by atoms with van der Waals surface area (Å²) in [5.41, 5.74) is 0. The summed E-state index contributed by atoms with van der Waals surface area (Å²) in [6.07, 6.45) is 21.6. The Morgan fingerprint density at radius 3 is 1.40 bits per heavy atom. The lowest BCUT2D eigenvalue weighted by molar-refractivity contribution is -0.140. The van der Waals surface area contributed by atoms with Crippen molar-refractivity contribution in [2.24, 2.45) is 0 Å². The molecule has 0 heterocycles. The third-order valence-electron chi connectivity index (χ3n) is 4.69. The van der Waals surface area contributed by atoms with Crippen LogP contribution in [0.1, 0.15) is 110 Å². The highest BCUT2D eigenvalue weighted by Gasteiger charge is 2.06. The van der Waals surface area contributed by atoms with Crippen molar-refractivity contribution in [3.63, 3.8) is 0 Å². The summed E-state index contributed by atoms with van der Waals surface area (Å²) in [5.74, 6) is -0.361. The van der Waals surface area contributed by atoms with E-state index in [4.69, 9.17) is 4.74 Å². The topological polar surface area (TPSA) is 35.5 Å². The third-order valence-corrected chi connectivity index (χ3v) is 4.69. The molecule has 0 fully saturated rings. The monoisotopic (exact) mass is 354 g/mol. The Morgan fingerprint density at radius 2 is 1.04 bits per heavy atom. The molecule has 0 unspecified atom stereocenters. The van der Waals surface area contributed by atoms with Gasteiger partial charge in [-0.25, -0.2) is 4.79 Å². The van der Waals surface area contributed by atoms with Crippen LogP contribution in [0.15, 0.2) is 12.3 Å². The van der Waals surface area contributed by atoms with E-state index in [2.05, 4.69) is 18.2 Å². The number of carbonyl (C=O) groups excluding carboxylic acids is 1. The van der Waals surface area contributed by atoms with E-state index in [1.165, 1.54) is 97.0 Å². The first-order chi connectivity index (χ1) is 12.2. The van der Waals surface area contributed by atoms with Crippen LogP contribution in [0.4, 0.5) is 0 Å². The van der Waals surface area contributed by atoms with Crippen LogP contribution in [0.25, 0.3) is 0 Å². The molecule has 0 bridgehead atoms. The number of hydrogen-bond donors (Lipinski definition) is 0. The average Bonchev–Trinajstić information content (AvgIpc) is 2.63. The van der Waals surface area contributed by atoms with Crippen molar-refractivity contribution in [1.82, 2.24) is 0 Å². The number of esters is 1. The van der Waals surface area contributed by atoms with Crippen LogP contribution in [0, 0.1) is 0 Å². The van der Waals surface area contributed by atoms with Crippen LogP contribution in [0.5, 0.6) is 0 Å². The van der Waals surface area contributed by atoms with E-state index >= 15 is 0 Å². The number of carbonyl (C=O) groups is 1. The molecule has 0 aromatic carbocycles. The molecule has 3 nitrogen and oxygen atoms in total. The standard InChI is InChI=1S/C22H42O3/c1-4-5-6-7-8-9-10-11-12-13-14-15-16-17-18-19-20-25-21(2)22(23)24-3/h2,4-20H2,1,3H3. The fraction of sp³-hybridized carbons (Fsp3) is 0.864. The Bertz CT molecular complexity index is 312. The Kier molecular flexibility index (Phi) is 18.6. The number of ether oxygens (including phenoxy) is 2. The molecule has 0 aromatic heterocycles. The fourth-order valence-corrected chi connectivity index (χ4v) is 3.02. The largest absolute Gasteiger partial charge is 0.487 e. The molecule has 0 radical (unpaired) electrons. The van der Waals surface area contributed by atoms with Crippen molar-refractivity contribution in [3.8, 4) is 0 Å². The maximum atomic E-state index is 11.1. The SMILES string of the molecule is C=C(OCCCCCCCCCCCCCCCCCC)C(=O)OC. The number of hydrogen-bond acceptors (Lipinski definition) is 3. The molecule has 148 valence electrons. The average molecular weight is 355 g/mol. The normalized spacial score (nSPS) is 10.6. The van der Waals surface area contributed by atoms with E-state index in [9.17, 15) is 4.79 Å². The van der Waals surface area contributed by atoms with Crippen molar-refractivity contribution in [3.05, 3.63) is 12.3 Å². The van der Waals surface area contributed by atoms with Gasteiger partial charge in [0.25, 0.3) is 0 Å². The van der Waals surface area contributed by atoms with Gasteiger partial charge in [0.15, 0.2) is 5.76 Å². The van der Waals surface area contributed by atoms with Gasteiger partial charge in [-0.1, -0.05) is 103 Å². The van der Waals surface area contributed by atoms with Gasteiger partial charge in [-0.05, 0) is 13.0 Å². The van der Waals surface area contributed by atoms with E-state index in [1.54, 1.807) is 0 Å². The maximum absolute atomic E-state index is 11.1. The summed E-state index contributed by atoms with van der Waals surface area (Å²) in [6, 6.07) is 0. The van der Waals surface area contributed by atoms with Gasteiger partial charge in [-0.2, -0.15) is 0 Å². The van der Waals surface area contributed by atoms with Crippen LogP contribution in [0.3, 0.4) is 0 Å². The van der Waals surface area contributed by atoms with Gasteiger partial charge < -0.3 is 9.47 Å². The second-order valence-electron chi connectivity index (χ2n) is 7.07. The molecule has 0 saturated carbocycles. The summed E-state index contributed by atoms with van der Waals surface area (Å²) < 4.78 is 9.78. The van der Waals surface area contributed by atoms with E-state index in [1.807, 2.05) is 0 Å². The molecule has 0 spiro atoms. The van der Waals surface area contributed by atoms with Crippen molar-refractivity contribution in [2.75, 3.05) is 13.7 Å². The molecule has 0 atom stereocenters. The molecule has 0 aromatic rings. The van der Waals surface area contributed by atoms with Gasteiger partial charge in [0.1, 0.15) is 0 Å². The Balaban J connectivity index is 3.10. The van der Waals surface area contributed by atoms with Crippen LogP contribution < -0.4 is 0 Å². The van der Waals surface area contributed by atoms with Gasteiger partial charge in [0, 0.05) is 0 Å². The Labute approximate surface area is 156 Å². The number of methoxy groups -OCH3 is 1. The summed E-state index contributed by atoms with van der Waals surface area (Å²) in [5, 5.41) is 0. The molecule has 0 amide bonds. The first-order valence-electron chi connectivity index (χ1n) is 10.6. The molecule has 0 aliphatic rings. The van der Waals surface area contributed by atoms with Gasteiger partial charge in [-0.3, -0.25) is 0 Å². The molecule has 25 heavy (non-hydrogen) atoms. The van der Waals surface area contributed by atoms with Crippen molar-refractivity contribution in [1.29, 1.82) is 0 Å². The summed E-state index contributed by atoms with van der Waals surface area (Å²) in [7, 11) is 1.34. The number of unbranched alkanes of at least 4 members (excludes halogenated alkanes) is 15. The second kappa shape index (κ2) is 19.3. The Hall–Kier alpha value is -0.990. The van der Waals surface area contributed by atoms with Crippen molar-refractivity contribution in [2.45, 2.75) is 110 Å². The molecule has 0 aliphatic heterocycles. The van der Waals surface area contributed by atoms with Crippen molar-refractivity contribution >= 4 is 5.97 Å². The molecular formula is C22H42O3. The van der Waals surface area contributed by atoms with Gasteiger partial charge >= 0.3 is 5.97 Å². The molecule has 0 rings (SSSR count). The minimum atomic E-state index is -0.475. The smallest absolute Gasteiger partial charge is 0.372 e. The zero-order valence-electron chi connectivity index (χ0n) is 17.0. The first kappa shape index (κ1) is 24.0. The molecule has 3 heteroatoms. The highest BCUT2D eigenvalue weighted by molar-refractivity contribution is 5.85. The van der Waals surface area contributed by atoms with Gasteiger partial charge in [0.05, 0.1) is 13.7 Å². The van der Waals surface area contributed by atoms with Gasteiger partial charge in [0.2, 0.25) is 0 Å². The van der Waals surface area contributed by atoms with E-state index in [-0.39, 0.29) is 5.76 Å².